The number of unbranched alkanes of at least 4 members (excludes halogenated alkanes) is 38. The maximum Gasteiger partial charge on any atom is 0.306 e. The Labute approximate surface area is 515 Å². The van der Waals surface area contributed by atoms with Crippen LogP contribution in [-0.2, 0) is 28.6 Å². The van der Waals surface area contributed by atoms with Crippen molar-refractivity contribution in [3.05, 3.63) is 97.2 Å². The molecule has 478 valence electrons. The van der Waals surface area contributed by atoms with E-state index in [1.54, 1.807) is 0 Å². The molecule has 0 aromatic heterocycles. The lowest BCUT2D eigenvalue weighted by Gasteiger charge is -2.18. The van der Waals surface area contributed by atoms with Gasteiger partial charge in [-0.1, -0.05) is 330 Å². The summed E-state index contributed by atoms with van der Waals surface area (Å²) in [7, 11) is 0. The van der Waals surface area contributed by atoms with E-state index in [-0.39, 0.29) is 31.1 Å². The van der Waals surface area contributed by atoms with Crippen LogP contribution in [0.4, 0.5) is 0 Å². The quantitative estimate of drug-likeness (QED) is 0.0261. The Balaban J connectivity index is 4.31. The van der Waals surface area contributed by atoms with Gasteiger partial charge in [-0.15, -0.1) is 0 Å². The lowest BCUT2D eigenvalue weighted by atomic mass is 10.0. The molecule has 0 aromatic carbocycles. The Hall–Kier alpha value is -3.67. The summed E-state index contributed by atoms with van der Waals surface area (Å²) in [5.41, 5.74) is 0. The SMILES string of the molecule is CC/C=C\C/C=C\C/C=C\C/C=C\C/C=C\C/C=C\C/C=C\CCCCCCCCCCCC(=O)OCC(COC(=O)CCCCCCCCCCCCCCCCCCC)OC(=O)CCCCCCCCC/C=C\CCCCCCCC. The molecule has 0 aliphatic heterocycles. The van der Waals surface area contributed by atoms with Crippen LogP contribution in [0.1, 0.15) is 355 Å². The Kier molecular flexibility index (Phi) is 67.7. The van der Waals surface area contributed by atoms with Gasteiger partial charge in [0.15, 0.2) is 6.10 Å². The van der Waals surface area contributed by atoms with E-state index < -0.39 is 6.10 Å². The summed E-state index contributed by atoms with van der Waals surface area (Å²) in [6.07, 6.45) is 95.7. The van der Waals surface area contributed by atoms with E-state index >= 15 is 0 Å². The molecule has 0 radical (unpaired) electrons. The predicted octanol–water partition coefficient (Wildman–Crippen LogP) is 24.8. The van der Waals surface area contributed by atoms with Gasteiger partial charge in [0.25, 0.3) is 0 Å². The first-order chi connectivity index (χ1) is 41.0. The molecule has 0 fully saturated rings. The molecule has 0 aliphatic rings. The largest absolute Gasteiger partial charge is 0.462 e. The molecule has 0 aromatic rings. The first kappa shape index (κ1) is 79.3. The van der Waals surface area contributed by atoms with E-state index in [1.807, 2.05) is 0 Å². The summed E-state index contributed by atoms with van der Waals surface area (Å²) < 4.78 is 17.0. The van der Waals surface area contributed by atoms with Crippen LogP contribution in [0.5, 0.6) is 0 Å². The number of esters is 3. The van der Waals surface area contributed by atoms with Crippen LogP contribution in [-0.4, -0.2) is 37.2 Å². The fourth-order valence-corrected chi connectivity index (χ4v) is 10.2. The van der Waals surface area contributed by atoms with E-state index in [2.05, 4.69) is 118 Å². The molecule has 83 heavy (non-hydrogen) atoms. The number of hydrogen-bond acceptors (Lipinski definition) is 6. The molecule has 6 heteroatoms. The minimum atomic E-state index is -0.782. The molecule has 1 atom stereocenters. The molecule has 0 N–H and O–H groups in total. The van der Waals surface area contributed by atoms with Gasteiger partial charge < -0.3 is 14.2 Å². The van der Waals surface area contributed by atoms with Gasteiger partial charge in [-0.05, 0) is 103 Å². The zero-order chi connectivity index (χ0) is 59.9. The van der Waals surface area contributed by atoms with Gasteiger partial charge in [0.1, 0.15) is 13.2 Å². The topological polar surface area (TPSA) is 78.9 Å². The number of hydrogen-bond donors (Lipinski definition) is 0. The van der Waals surface area contributed by atoms with Crippen LogP contribution in [0.3, 0.4) is 0 Å². The average Bonchev–Trinajstić information content (AvgIpc) is 3.49. The van der Waals surface area contributed by atoms with Gasteiger partial charge in [-0.25, -0.2) is 0 Å². The second kappa shape index (κ2) is 70.8. The van der Waals surface area contributed by atoms with E-state index in [1.165, 1.54) is 205 Å². The third-order valence-electron chi connectivity index (χ3n) is 15.6. The highest BCUT2D eigenvalue weighted by molar-refractivity contribution is 5.71. The van der Waals surface area contributed by atoms with Crippen molar-refractivity contribution >= 4 is 17.9 Å². The van der Waals surface area contributed by atoms with Crippen molar-refractivity contribution in [1.82, 2.24) is 0 Å². The van der Waals surface area contributed by atoms with Crippen molar-refractivity contribution in [2.45, 2.75) is 361 Å². The molecule has 0 aliphatic carbocycles. The monoisotopic (exact) mass is 1160 g/mol. The molecule has 0 heterocycles. The molecular weight excluding hydrogens is 1020 g/mol. The molecule has 0 rings (SSSR count). The maximum absolute atomic E-state index is 12.9. The van der Waals surface area contributed by atoms with Crippen LogP contribution >= 0.6 is 0 Å². The fourth-order valence-electron chi connectivity index (χ4n) is 10.2. The van der Waals surface area contributed by atoms with Crippen molar-refractivity contribution in [3.63, 3.8) is 0 Å². The minimum absolute atomic E-state index is 0.0766. The molecule has 0 bridgehead atoms. The molecule has 0 spiro atoms. The van der Waals surface area contributed by atoms with Crippen molar-refractivity contribution in [2.24, 2.45) is 0 Å². The maximum atomic E-state index is 12.9. The van der Waals surface area contributed by atoms with E-state index in [4.69, 9.17) is 14.2 Å². The second-order valence-electron chi connectivity index (χ2n) is 23.8. The van der Waals surface area contributed by atoms with Gasteiger partial charge in [-0.3, -0.25) is 14.4 Å². The highest BCUT2D eigenvalue weighted by Gasteiger charge is 2.19. The van der Waals surface area contributed by atoms with Gasteiger partial charge in [0.05, 0.1) is 0 Å². The van der Waals surface area contributed by atoms with E-state index in [0.717, 1.165) is 109 Å². The summed E-state index contributed by atoms with van der Waals surface area (Å²) in [6.45, 7) is 6.56. The average molecular weight is 1160 g/mol. The number of allylic oxidation sites excluding steroid dienone is 16. The summed E-state index contributed by atoms with van der Waals surface area (Å²) in [5, 5.41) is 0. The standard InChI is InChI=1S/C77H134O6/c1-4-7-10-13-16-19-22-25-28-31-32-33-34-35-36-37-38-39-40-41-42-43-44-47-49-52-55-58-61-64-67-70-76(79)82-73-74(83-77(80)71-68-65-62-59-56-53-50-46-30-27-24-21-18-15-12-9-6-3)72-81-75(78)69-66-63-60-57-54-51-48-45-29-26-23-20-17-14-11-8-5-2/h7,10,16,19,25,27-28,30,32-33,35-36,38-39,41-42,74H,4-6,8-9,11-15,17-18,20-24,26,29,31,34,37,40,43-73H2,1-3H3/b10-7-,19-16-,28-25-,30-27-,33-32-,36-35-,39-38-,42-41-. The summed E-state index contributed by atoms with van der Waals surface area (Å²) in [6, 6.07) is 0. The number of rotatable bonds is 65. The van der Waals surface area contributed by atoms with Crippen molar-refractivity contribution in [1.29, 1.82) is 0 Å². The van der Waals surface area contributed by atoms with Crippen molar-refractivity contribution < 1.29 is 28.6 Å². The third kappa shape index (κ3) is 69.0. The summed E-state index contributed by atoms with van der Waals surface area (Å²) in [5.74, 6) is -0.868. The van der Waals surface area contributed by atoms with Gasteiger partial charge >= 0.3 is 17.9 Å². The van der Waals surface area contributed by atoms with Crippen LogP contribution in [0.2, 0.25) is 0 Å². The molecule has 0 amide bonds. The molecule has 6 nitrogen and oxygen atoms in total. The van der Waals surface area contributed by atoms with Gasteiger partial charge in [0.2, 0.25) is 0 Å². The van der Waals surface area contributed by atoms with Gasteiger partial charge in [0, 0.05) is 19.3 Å². The van der Waals surface area contributed by atoms with Crippen LogP contribution in [0.15, 0.2) is 97.2 Å². The Morgan fingerprint density at radius 3 is 0.747 bits per heavy atom. The Bertz CT molecular complexity index is 1610. The smallest absolute Gasteiger partial charge is 0.306 e. The normalized spacial score (nSPS) is 12.7. The summed E-state index contributed by atoms with van der Waals surface area (Å²) in [4.78, 5) is 38.5. The third-order valence-corrected chi connectivity index (χ3v) is 15.6. The number of ether oxygens (including phenoxy) is 3. The minimum Gasteiger partial charge on any atom is -0.462 e. The predicted molar refractivity (Wildman–Crippen MR) is 362 cm³/mol. The Morgan fingerprint density at radius 2 is 0.470 bits per heavy atom. The highest BCUT2D eigenvalue weighted by Crippen LogP contribution is 2.17. The molecular formula is C77H134O6. The number of carbonyl (C=O) groups excluding carboxylic acids is 3. The van der Waals surface area contributed by atoms with E-state index in [0.29, 0.717) is 19.3 Å². The van der Waals surface area contributed by atoms with Crippen molar-refractivity contribution in [2.75, 3.05) is 13.2 Å². The first-order valence-corrected chi connectivity index (χ1v) is 35.7. The molecule has 0 saturated carbocycles. The zero-order valence-corrected chi connectivity index (χ0v) is 54.9. The first-order valence-electron chi connectivity index (χ1n) is 35.7. The highest BCUT2D eigenvalue weighted by atomic mass is 16.6. The van der Waals surface area contributed by atoms with Gasteiger partial charge in [-0.2, -0.15) is 0 Å². The van der Waals surface area contributed by atoms with Crippen LogP contribution in [0.25, 0.3) is 0 Å². The molecule has 0 saturated heterocycles. The molecule has 1 unspecified atom stereocenters. The van der Waals surface area contributed by atoms with E-state index in [9.17, 15) is 14.4 Å². The van der Waals surface area contributed by atoms with Crippen LogP contribution < -0.4 is 0 Å². The Morgan fingerprint density at radius 1 is 0.253 bits per heavy atom. The lowest BCUT2D eigenvalue weighted by molar-refractivity contribution is -0.167. The van der Waals surface area contributed by atoms with Crippen molar-refractivity contribution in [3.8, 4) is 0 Å². The second-order valence-corrected chi connectivity index (χ2v) is 23.8. The fraction of sp³-hybridized carbons (Fsp3) is 0.753. The number of carbonyl (C=O) groups is 3. The lowest BCUT2D eigenvalue weighted by Crippen LogP contribution is -2.30. The summed E-state index contributed by atoms with van der Waals surface area (Å²) >= 11 is 0. The van der Waals surface area contributed by atoms with Crippen LogP contribution in [0, 0.1) is 0 Å². The zero-order valence-electron chi connectivity index (χ0n) is 54.9.